The number of rotatable bonds is 5. The first kappa shape index (κ1) is 17.6. The first-order valence-electron chi connectivity index (χ1n) is 7.13. The van der Waals surface area contributed by atoms with Crippen molar-refractivity contribution in [2.24, 2.45) is 11.8 Å². The molecule has 0 amide bonds. The van der Waals surface area contributed by atoms with Gasteiger partial charge in [-0.05, 0) is 24.4 Å². The Bertz CT molecular complexity index is 587. The van der Waals surface area contributed by atoms with Crippen LogP contribution >= 0.6 is 0 Å². The third-order valence-electron chi connectivity index (χ3n) is 3.93. The summed E-state index contributed by atoms with van der Waals surface area (Å²) >= 11 is 0. The van der Waals surface area contributed by atoms with Gasteiger partial charge in [-0.15, -0.1) is 0 Å². The molecule has 0 aromatic heterocycles. The molecule has 1 aliphatic carbocycles. The number of halogens is 3. The lowest BCUT2D eigenvalue weighted by Gasteiger charge is -2.30. The molecular weight excluding hydrogens is 312 g/mol. The predicted octanol–water partition coefficient (Wildman–Crippen LogP) is 1.70. The normalized spacial score (nSPS) is 21.1. The van der Waals surface area contributed by atoms with Crippen LogP contribution in [0.5, 0.6) is 5.75 Å². The van der Waals surface area contributed by atoms with E-state index in [-0.39, 0.29) is 36.2 Å². The number of ether oxygens (including phenoxy) is 1. The van der Waals surface area contributed by atoms with Gasteiger partial charge in [0.05, 0.1) is 18.1 Å². The van der Waals surface area contributed by atoms with E-state index in [1.165, 1.54) is 24.3 Å². The highest BCUT2D eigenvalue weighted by Crippen LogP contribution is 2.39. The second-order valence-electron chi connectivity index (χ2n) is 5.41. The zero-order chi connectivity index (χ0) is 17.0. The van der Waals surface area contributed by atoms with Gasteiger partial charge in [0.25, 0.3) is 0 Å². The van der Waals surface area contributed by atoms with E-state index in [0.717, 1.165) is 0 Å². The van der Waals surface area contributed by atoms with E-state index in [9.17, 15) is 28.0 Å². The summed E-state index contributed by atoms with van der Waals surface area (Å²) < 4.78 is 44.5. The molecule has 0 aliphatic heterocycles. The molecule has 0 saturated carbocycles. The first-order chi connectivity index (χ1) is 10.8. The number of hydrogen-bond donors (Lipinski definition) is 2. The van der Waals surface area contributed by atoms with E-state index >= 15 is 0 Å². The summed E-state index contributed by atoms with van der Waals surface area (Å²) in [5.41, 5.74) is -0.120. The van der Waals surface area contributed by atoms with Crippen molar-refractivity contribution in [2.75, 3.05) is 6.61 Å². The third kappa shape index (κ3) is 4.14. The van der Waals surface area contributed by atoms with Gasteiger partial charge in [0.1, 0.15) is 5.75 Å². The molecule has 0 saturated heterocycles. The molecule has 124 valence electrons. The fourth-order valence-electron chi connectivity index (χ4n) is 2.69. The van der Waals surface area contributed by atoms with Crippen LogP contribution in [0.2, 0.25) is 0 Å². The van der Waals surface area contributed by atoms with Gasteiger partial charge in [0.15, 0.2) is 6.29 Å². The predicted molar refractivity (Wildman–Crippen MR) is 78.6 cm³/mol. The average molecular weight is 328 g/mol. The minimum atomic E-state index is -4.31. The molecule has 0 fully saturated rings. The number of benzene rings is 1. The van der Waals surface area contributed by atoms with Crippen molar-refractivity contribution in [2.45, 2.75) is 19.0 Å². The highest BCUT2D eigenvalue weighted by Gasteiger charge is 2.44. The van der Waals surface area contributed by atoms with Gasteiger partial charge in [-0.3, -0.25) is 4.79 Å². The van der Waals surface area contributed by atoms with Crippen LogP contribution in [0.15, 0.2) is 30.4 Å². The molecule has 1 aliphatic rings. The minimum Gasteiger partial charge on any atom is -0.493 e. The van der Waals surface area contributed by atoms with Crippen molar-refractivity contribution < 1.29 is 32.8 Å². The SMILES string of the molecule is O=Cc1c(OC[C@@H]2CC=CC[C@H]2C(F)(F)F)cccc1B(O)O. The summed E-state index contributed by atoms with van der Waals surface area (Å²) in [6.07, 6.45) is -0.572. The Morgan fingerprint density at radius 2 is 1.96 bits per heavy atom. The van der Waals surface area contributed by atoms with Crippen molar-refractivity contribution in [1.29, 1.82) is 0 Å². The molecular formula is C15H16BF3O4. The Morgan fingerprint density at radius 1 is 1.26 bits per heavy atom. The Balaban J connectivity index is 2.15. The van der Waals surface area contributed by atoms with E-state index < -0.39 is 25.1 Å². The van der Waals surface area contributed by atoms with Gasteiger partial charge in [0.2, 0.25) is 0 Å². The number of allylic oxidation sites excluding steroid dienone is 2. The van der Waals surface area contributed by atoms with Crippen LogP contribution in [0.1, 0.15) is 23.2 Å². The van der Waals surface area contributed by atoms with Crippen LogP contribution in [-0.2, 0) is 0 Å². The quantitative estimate of drug-likeness (QED) is 0.491. The first-order valence-corrected chi connectivity index (χ1v) is 7.13. The Kier molecular flexibility index (Phi) is 5.48. The van der Waals surface area contributed by atoms with E-state index in [0.29, 0.717) is 6.29 Å². The molecule has 2 atom stereocenters. The van der Waals surface area contributed by atoms with Gasteiger partial charge < -0.3 is 14.8 Å². The van der Waals surface area contributed by atoms with Crippen LogP contribution in [0.4, 0.5) is 13.2 Å². The Morgan fingerprint density at radius 3 is 2.57 bits per heavy atom. The maximum Gasteiger partial charge on any atom is 0.489 e. The summed E-state index contributed by atoms with van der Waals surface area (Å²) in [6.45, 7) is -0.208. The summed E-state index contributed by atoms with van der Waals surface area (Å²) in [4.78, 5) is 11.1. The van der Waals surface area contributed by atoms with Gasteiger partial charge in [-0.1, -0.05) is 24.3 Å². The average Bonchev–Trinajstić information content (AvgIpc) is 2.51. The van der Waals surface area contributed by atoms with Crippen LogP contribution in [0.25, 0.3) is 0 Å². The molecule has 2 rings (SSSR count). The van der Waals surface area contributed by atoms with Gasteiger partial charge in [0, 0.05) is 5.92 Å². The maximum absolute atomic E-state index is 13.0. The van der Waals surface area contributed by atoms with Crippen molar-refractivity contribution in [3.8, 4) is 5.75 Å². The third-order valence-corrected chi connectivity index (χ3v) is 3.93. The van der Waals surface area contributed by atoms with Crippen molar-refractivity contribution >= 4 is 18.9 Å². The fourth-order valence-corrected chi connectivity index (χ4v) is 2.69. The summed E-state index contributed by atoms with van der Waals surface area (Å²) in [5.74, 6) is -2.19. The molecule has 0 bridgehead atoms. The van der Waals surface area contributed by atoms with Crippen molar-refractivity contribution in [3.63, 3.8) is 0 Å². The van der Waals surface area contributed by atoms with Crippen LogP contribution in [0.3, 0.4) is 0 Å². The molecule has 0 heterocycles. The van der Waals surface area contributed by atoms with Gasteiger partial charge in [-0.2, -0.15) is 13.2 Å². The molecule has 1 aromatic carbocycles. The number of aldehydes is 1. The molecule has 0 spiro atoms. The smallest absolute Gasteiger partial charge is 0.489 e. The second-order valence-corrected chi connectivity index (χ2v) is 5.41. The molecule has 23 heavy (non-hydrogen) atoms. The number of hydrogen-bond acceptors (Lipinski definition) is 4. The standard InChI is InChI=1S/C15H16BF3O4/c17-15(18,19)12-5-2-1-4-10(12)9-23-14-7-3-6-13(16(21)22)11(14)8-20/h1-3,6-8,10,12,21-22H,4-5,9H2/t10-,12+/m0/s1. The molecule has 2 N–H and O–H groups in total. The molecule has 4 nitrogen and oxygen atoms in total. The van der Waals surface area contributed by atoms with Crippen molar-refractivity contribution in [3.05, 3.63) is 35.9 Å². The second kappa shape index (κ2) is 7.19. The molecule has 8 heteroatoms. The maximum atomic E-state index is 13.0. The lowest BCUT2D eigenvalue weighted by molar-refractivity contribution is -0.191. The fraction of sp³-hybridized carbons (Fsp3) is 0.400. The minimum absolute atomic E-state index is 0.0427. The Labute approximate surface area is 131 Å². The summed E-state index contributed by atoms with van der Waals surface area (Å²) in [5, 5.41) is 18.4. The topological polar surface area (TPSA) is 66.8 Å². The zero-order valence-electron chi connectivity index (χ0n) is 12.2. The van der Waals surface area contributed by atoms with Crippen LogP contribution in [0, 0.1) is 11.8 Å². The molecule has 0 radical (unpaired) electrons. The van der Waals surface area contributed by atoms with Crippen molar-refractivity contribution in [1.82, 2.24) is 0 Å². The van der Waals surface area contributed by atoms with Gasteiger partial charge >= 0.3 is 13.3 Å². The van der Waals surface area contributed by atoms with E-state index in [4.69, 9.17) is 4.74 Å². The summed E-state index contributed by atoms with van der Waals surface area (Å²) in [6, 6.07) is 4.19. The number of carbonyl (C=O) groups is 1. The largest absolute Gasteiger partial charge is 0.493 e. The molecule has 1 aromatic rings. The lowest BCUT2D eigenvalue weighted by Crippen LogP contribution is -2.35. The highest BCUT2D eigenvalue weighted by atomic mass is 19.4. The van der Waals surface area contributed by atoms with E-state index in [1.54, 1.807) is 6.08 Å². The monoisotopic (exact) mass is 328 g/mol. The highest BCUT2D eigenvalue weighted by molar-refractivity contribution is 6.60. The Hall–Kier alpha value is -1.80. The van der Waals surface area contributed by atoms with Crippen LogP contribution < -0.4 is 10.2 Å². The van der Waals surface area contributed by atoms with Crippen LogP contribution in [-0.4, -0.2) is 36.2 Å². The summed E-state index contributed by atoms with van der Waals surface area (Å²) in [7, 11) is -1.86. The number of carbonyl (C=O) groups excluding carboxylic acids is 1. The number of alkyl halides is 3. The molecule has 0 unspecified atom stereocenters. The lowest BCUT2D eigenvalue weighted by atomic mass is 9.77. The van der Waals surface area contributed by atoms with E-state index in [1.807, 2.05) is 0 Å². The van der Waals surface area contributed by atoms with E-state index in [2.05, 4.69) is 0 Å². The van der Waals surface area contributed by atoms with Gasteiger partial charge in [-0.25, -0.2) is 0 Å². The zero-order valence-corrected chi connectivity index (χ0v) is 12.2.